The Balaban J connectivity index is 1.22. The van der Waals surface area contributed by atoms with E-state index in [2.05, 4.69) is 74.9 Å². The molecule has 4 aromatic rings. The highest BCUT2D eigenvalue weighted by Crippen LogP contribution is 2.33. The summed E-state index contributed by atoms with van der Waals surface area (Å²) >= 11 is 0. The lowest BCUT2D eigenvalue weighted by Crippen LogP contribution is -2.37. The minimum atomic E-state index is 0.353. The number of fused-ring (bicyclic) bond motifs is 2. The Kier molecular flexibility index (Phi) is 6.79. The minimum Gasteiger partial charge on any atom is -0.327 e. The third-order valence-electron chi connectivity index (χ3n) is 7.98. The molecular formula is C30H36N6. The molecule has 6 heteroatoms. The largest absolute Gasteiger partial charge is 0.327 e. The van der Waals surface area contributed by atoms with E-state index in [9.17, 15) is 0 Å². The molecule has 0 amide bonds. The number of rotatable bonds is 7. The molecule has 0 radical (unpaired) electrons. The van der Waals surface area contributed by atoms with E-state index in [0.29, 0.717) is 12.0 Å². The fraction of sp³-hybridized carbons (Fsp3) is 0.433. The van der Waals surface area contributed by atoms with Gasteiger partial charge in [0.1, 0.15) is 5.82 Å². The van der Waals surface area contributed by atoms with Crippen molar-refractivity contribution in [2.24, 2.45) is 5.92 Å². The number of nitrogens with zero attached hydrogens (tertiary/aromatic N) is 6. The Morgan fingerprint density at radius 2 is 1.83 bits per heavy atom. The number of likely N-dealkylation sites (tertiary alicyclic amines) is 1. The molecule has 1 saturated heterocycles. The summed E-state index contributed by atoms with van der Waals surface area (Å²) in [5, 5.41) is 0. The highest BCUT2D eigenvalue weighted by molar-refractivity contribution is 5.75. The van der Waals surface area contributed by atoms with Crippen molar-refractivity contribution in [1.29, 1.82) is 0 Å². The summed E-state index contributed by atoms with van der Waals surface area (Å²) in [4.78, 5) is 19.5. The van der Waals surface area contributed by atoms with Crippen molar-refractivity contribution in [3.8, 4) is 0 Å². The van der Waals surface area contributed by atoms with Crippen LogP contribution in [0.3, 0.4) is 0 Å². The predicted molar refractivity (Wildman–Crippen MR) is 143 cm³/mol. The Morgan fingerprint density at radius 3 is 2.75 bits per heavy atom. The molecule has 0 saturated carbocycles. The van der Waals surface area contributed by atoms with E-state index in [0.717, 1.165) is 56.8 Å². The maximum atomic E-state index is 5.13. The van der Waals surface area contributed by atoms with Crippen LogP contribution in [0, 0.1) is 5.92 Å². The van der Waals surface area contributed by atoms with E-state index in [-0.39, 0.29) is 0 Å². The van der Waals surface area contributed by atoms with Gasteiger partial charge in [0.15, 0.2) is 0 Å². The van der Waals surface area contributed by atoms with Gasteiger partial charge in [-0.2, -0.15) is 0 Å². The van der Waals surface area contributed by atoms with Gasteiger partial charge in [-0.3, -0.25) is 19.8 Å². The maximum absolute atomic E-state index is 5.13. The molecule has 2 atom stereocenters. The zero-order valence-electron chi connectivity index (χ0n) is 21.3. The summed E-state index contributed by atoms with van der Waals surface area (Å²) in [6, 6.07) is 19.5. The van der Waals surface area contributed by atoms with Crippen molar-refractivity contribution < 1.29 is 0 Å². The number of hydrogen-bond acceptors (Lipinski definition) is 5. The van der Waals surface area contributed by atoms with Crippen LogP contribution < -0.4 is 0 Å². The molecule has 2 aliphatic rings. The zero-order chi connectivity index (χ0) is 24.3. The molecule has 0 bridgehead atoms. The Hall–Kier alpha value is -3.09. The number of benzene rings is 1. The third kappa shape index (κ3) is 4.93. The first-order chi connectivity index (χ1) is 17.7. The van der Waals surface area contributed by atoms with Crippen molar-refractivity contribution in [2.45, 2.75) is 57.8 Å². The summed E-state index contributed by atoms with van der Waals surface area (Å²) < 4.78 is 2.50. The van der Waals surface area contributed by atoms with Crippen molar-refractivity contribution >= 4 is 11.0 Å². The summed E-state index contributed by atoms with van der Waals surface area (Å²) in [6.45, 7) is 5.05. The van der Waals surface area contributed by atoms with Gasteiger partial charge in [0.05, 0.1) is 35.0 Å². The van der Waals surface area contributed by atoms with Crippen LogP contribution in [0.25, 0.3) is 11.0 Å². The topological polar surface area (TPSA) is 50.1 Å². The van der Waals surface area contributed by atoms with Crippen molar-refractivity contribution in [1.82, 2.24) is 29.3 Å². The van der Waals surface area contributed by atoms with Crippen LogP contribution in [0.5, 0.6) is 0 Å². The quantitative estimate of drug-likeness (QED) is 0.362. The average Bonchev–Trinajstić information content (AvgIpc) is 3.25. The lowest BCUT2D eigenvalue weighted by atomic mass is 9.91. The molecule has 186 valence electrons. The fourth-order valence-electron chi connectivity index (χ4n) is 6.22. The summed E-state index contributed by atoms with van der Waals surface area (Å²) in [6.07, 6.45) is 9.87. The Labute approximate surface area is 214 Å². The number of para-hydroxylation sites is 2. The molecule has 0 N–H and O–H groups in total. The van der Waals surface area contributed by atoms with Crippen LogP contribution in [0.15, 0.2) is 67.0 Å². The number of pyridine rings is 2. The standard InChI is InChI=1S/C30H36N6/c1-34(28-15-6-10-24-11-7-17-32-30(24)28)22-29-33-26-13-2-3-14-27(26)36(29)20-23-9-8-18-35(19-23)21-25-12-4-5-16-31-25/h2-5,7,11-14,16-17,23,28H,6,8-10,15,18-22H2,1H3/t23-,28-/m0/s1. The molecule has 1 aliphatic heterocycles. The van der Waals surface area contributed by atoms with Gasteiger partial charge in [-0.1, -0.05) is 24.3 Å². The monoisotopic (exact) mass is 480 g/mol. The van der Waals surface area contributed by atoms with E-state index in [1.165, 1.54) is 41.9 Å². The van der Waals surface area contributed by atoms with Gasteiger partial charge in [0.2, 0.25) is 0 Å². The van der Waals surface area contributed by atoms with Crippen LogP contribution >= 0.6 is 0 Å². The number of piperidine rings is 1. The van der Waals surface area contributed by atoms with E-state index in [1.54, 1.807) is 0 Å². The predicted octanol–water partition coefficient (Wildman–Crippen LogP) is 5.25. The lowest BCUT2D eigenvalue weighted by molar-refractivity contribution is 0.152. The number of imidazole rings is 1. The van der Waals surface area contributed by atoms with E-state index >= 15 is 0 Å². The lowest BCUT2D eigenvalue weighted by Gasteiger charge is -2.34. The van der Waals surface area contributed by atoms with Gasteiger partial charge in [-0.25, -0.2) is 4.98 Å². The first kappa shape index (κ1) is 23.3. The molecule has 1 aliphatic carbocycles. The van der Waals surface area contributed by atoms with Gasteiger partial charge >= 0.3 is 0 Å². The molecular weight excluding hydrogens is 444 g/mol. The first-order valence-electron chi connectivity index (χ1n) is 13.4. The SMILES string of the molecule is CN(Cc1nc2ccccc2n1C[C@H]1CCCN(Cc2ccccn2)C1)[C@H]1CCCc2cccnc21. The normalized spacial score (nSPS) is 20.6. The van der Waals surface area contributed by atoms with Crippen LogP contribution in [-0.2, 0) is 26.1 Å². The summed E-state index contributed by atoms with van der Waals surface area (Å²) in [5.41, 5.74) is 6.18. The maximum Gasteiger partial charge on any atom is 0.124 e. The number of aryl methyl sites for hydroxylation is 1. The smallest absolute Gasteiger partial charge is 0.124 e. The van der Waals surface area contributed by atoms with Gasteiger partial charge in [-0.05, 0) is 87.5 Å². The van der Waals surface area contributed by atoms with Crippen molar-refractivity contribution in [2.75, 3.05) is 20.1 Å². The van der Waals surface area contributed by atoms with E-state index in [4.69, 9.17) is 9.97 Å². The molecule has 4 heterocycles. The van der Waals surface area contributed by atoms with Gasteiger partial charge < -0.3 is 4.57 Å². The second-order valence-corrected chi connectivity index (χ2v) is 10.6. The van der Waals surface area contributed by atoms with Gasteiger partial charge in [0.25, 0.3) is 0 Å². The number of aromatic nitrogens is 4. The van der Waals surface area contributed by atoms with Gasteiger partial charge in [-0.15, -0.1) is 0 Å². The fourth-order valence-corrected chi connectivity index (χ4v) is 6.22. The Bertz CT molecular complexity index is 1300. The van der Waals surface area contributed by atoms with Crippen molar-refractivity contribution in [3.63, 3.8) is 0 Å². The van der Waals surface area contributed by atoms with Crippen LogP contribution in [0.1, 0.15) is 54.5 Å². The molecule has 0 spiro atoms. The van der Waals surface area contributed by atoms with Crippen LogP contribution in [0.2, 0.25) is 0 Å². The minimum absolute atomic E-state index is 0.353. The van der Waals surface area contributed by atoms with Crippen LogP contribution in [-0.4, -0.2) is 49.5 Å². The second kappa shape index (κ2) is 10.5. The third-order valence-corrected chi connectivity index (χ3v) is 7.98. The summed E-state index contributed by atoms with van der Waals surface area (Å²) in [5.74, 6) is 1.78. The molecule has 1 aromatic carbocycles. The average molecular weight is 481 g/mol. The van der Waals surface area contributed by atoms with Crippen molar-refractivity contribution in [3.05, 3.63) is 89.8 Å². The molecule has 0 unspecified atom stereocenters. The van der Waals surface area contributed by atoms with E-state index < -0.39 is 0 Å². The van der Waals surface area contributed by atoms with E-state index in [1.807, 2.05) is 18.5 Å². The molecule has 6 nitrogen and oxygen atoms in total. The Morgan fingerprint density at radius 1 is 0.944 bits per heavy atom. The van der Waals surface area contributed by atoms with Gasteiger partial charge in [0, 0.05) is 32.0 Å². The second-order valence-electron chi connectivity index (χ2n) is 10.6. The van der Waals surface area contributed by atoms with Crippen LogP contribution in [0.4, 0.5) is 0 Å². The number of hydrogen-bond donors (Lipinski definition) is 0. The first-order valence-corrected chi connectivity index (χ1v) is 13.4. The highest BCUT2D eigenvalue weighted by Gasteiger charge is 2.27. The zero-order valence-corrected chi connectivity index (χ0v) is 21.3. The summed E-state index contributed by atoms with van der Waals surface area (Å²) in [7, 11) is 2.24. The highest BCUT2D eigenvalue weighted by atomic mass is 15.2. The molecule has 6 rings (SSSR count). The molecule has 36 heavy (non-hydrogen) atoms. The molecule has 1 fully saturated rings. The molecule has 3 aromatic heterocycles.